The molecule has 0 fully saturated rings. The Kier molecular flexibility index (Phi) is 4.27. The van der Waals surface area contributed by atoms with E-state index in [0.29, 0.717) is 15.6 Å². The number of aromatic nitrogens is 1. The van der Waals surface area contributed by atoms with Gasteiger partial charge in [-0.15, -0.1) is 11.3 Å². The van der Waals surface area contributed by atoms with Crippen molar-refractivity contribution in [1.82, 2.24) is 4.98 Å². The fourth-order valence-electron chi connectivity index (χ4n) is 1.51. The quantitative estimate of drug-likeness (QED) is 0.848. The van der Waals surface area contributed by atoms with E-state index in [1.807, 2.05) is 19.1 Å². The number of carboxylic acid groups (broad SMARTS) is 1. The average molecular weight is 288 g/mol. The molecule has 6 heteroatoms. The average Bonchev–Trinajstić information content (AvgIpc) is 2.85. The number of hydrogen-bond donors (Lipinski definition) is 2. The first kappa shape index (κ1) is 14.0. The number of nitrogens with one attached hydrogen (secondary N) is 1. The molecular weight excluding hydrogens is 276 g/mol. The van der Waals surface area contributed by atoms with Crippen molar-refractivity contribution in [3.05, 3.63) is 51.9 Å². The van der Waals surface area contributed by atoms with E-state index in [1.165, 1.54) is 17.4 Å². The van der Waals surface area contributed by atoms with E-state index >= 15 is 0 Å². The Morgan fingerprint density at radius 2 is 2.10 bits per heavy atom. The van der Waals surface area contributed by atoms with Crippen LogP contribution >= 0.6 is 11.3 Å². The van der Waals surface area contributed by atoms with Gasteiger partial charge in [-0.3, -0.25) is 4.79 Å². The molecule has 0 aliphatic carbocycles. The smallest absolute Gasteiger partial charge is 0.328 e. The normalized spacial score (nSPS) is 10.7. The molecule has 0 radical (unpaired) electrons. The van der Waals surface area contributed by atoms with Gasteiger partial charge in [0, 0.05) is 16.6 Å². The number of nitrogens with zero attached hydrogens (tertiary/aromatic N) is 1. The van der Waals surface area contributed by atoms with Gasteiger partial charge in [0.15, 0.2) is 0 Å². The zero-order valence-corrected chi connectivity index (χ0v) is 11.5. The number of carbonyl (C=O) groups excluding carboxylic acids is 1. The van der Waals surface area contributed by atoms with Crippen LogP contribution in [0.5, 0.6) is 0 Å². The fourth-order valence-corrected chi connectivity index (χ4v) is 2.31. The molecule has 0 aromatic carbocycles. The molecule has 2 N–H and O–H groups in total. The lowest BCUT2D eigenvalue weighted by Crippen LogP contribution is -2.11. The Balaban J connectivity index is 2.08. The minimum atomic E-state index is -1.02. The summed E-state index contributed by atoms with van der Waals surface area (Å²) in [6.45, 7) is 1.84. The summed E-state index contributed by atoms with van der Waals surface area (Å²) in [6, 6.07) is 8.72. The van der Waals surface area contributed by atoms with Gasteiger partial charge in [0.05, 0.1) is 4.88 Å². The lowest BCUT2D eigenvalue weighted by molar-refractivity contribution is -0.131. The molecule has 0 unspecified atom stereocenters. The van der Waals surface area contributed by atoms with Crippen molar-refractivity contribution in [2.45, 2.75) is 6.92 Å². The molecular formula is C14H12N2O3S. The highest BCUT2D eigenvalue weighted by Crippen LogP contribution is 2.19. The Labute approximate surface area is 119 Å². The molecule has 0 aliphatic rings. The molecule has 2 rings (SSSR count). The molecule has 102 valence electrons. The van der Waals surface area contributed by atoms with E-state index < -0.39 is 5.97 Å². The highest BCUT2D eigenvalue weighted by molar-refractivity contribution is 7.15. The number of thiophene rings is 1. The Bertz CT molecular complexity index is 677. The van der Waals surface area contributed by atoms with Crippen LogP contribution in [0, 0.1) is 6.92 Å². The van der Waals surface area contributed by atoms with E-state index in [-0.39, 0.29) is 5.91 Å². The lowest BCUT2D eigenvalue weighted by atomic mass is 10.3. The predicted octanol–water partition coefficient (Wildman–Crippen LogP) is 2.80. The third-order valence-electron chi connectivity index (χ3n) is 2.37. The van der Waals surface area contributed by atoms with Crippen LogP contribution in [0.4, 0.5) is 5.82 Å². The summed E-state index contributed by atoms with van der Waals surface area (Å²) in [5, 5.41) is 11.2. The number of anilines is 1. The van der Waals surface area contributed by atoms with Crippen molar-refractivity contribution in [3.63, 3.8) is 0 Å². The largest absolute Gasteiger partial charge is 0.478 e. The number of hydrogen-bond acceptors (Lipinski definition) is 4. The van der Waals surface area contributed by atoms with Gasteiger partial charge < -0.3 is 10.4 Å². The topological polar surface area (TPSA) is 79.3 Å². The zero-order chi connectivity index (χ0) is 14.5. The number of amides is 1. The van der Waals surface area contributed by atoms with Gasteiger partial charge in [-0.05, 0) is 37.3 Å². The number of rotatable bonds is 4. The summed E-state index contributed by atoms with van der Waals surface area (Å²) < 4.78 is 0. The van der Waals surface area contributed by atoms with Gasteiger partial charge >= 0.3 is 5.97 Å². The molecule has 0 saturated carbocycles. The number of carboxylic acids is 1. The molecule has 2 heterocycles. The molecule has 0 spiro atoms. The Morgan fingerprint density at radius 1 is 1.30 bits per heavy atom. The van der Waals surface area contributed by atoms with Crippen molar-refractivity contribution in [1.29, 1.82) is 0 Å². The summed E-state index contributed by atoms with van der Waals surface area (Å²) in [5.41, 5.74) is 0.819. The minimum absolute atomic E-state index is 0.261. The van der Waals surface area contributed by atoms with Crippen molar-refractivity contribution in [2.75, 3.05) is 5.32 Å². The van der Waals surface area contributed by atoms with Crippen molar-refractivity contribution in [2.24, 2.45) is 0 Å². The van der Waals surface area contributed by atoms with Gasteiger partial charge in [-0.25, -0.2) is 9.78 Å². The Hall–Kier alpha value is -2.47. The van der Waals surface area contributed by atoms with Crippen molar-refractivity contribution < 1.29 is 14.7 Å². The van der Waals surface area contributed by atoms with E-state index in [4.69, 9.17) is 5.11 Å². The van der Waals surface area contributed by atoms with E-state index in [9.17, 15) is 9.59 Å². The van der Waals surface area contributed by atoms with Crippen LogP contribution in [-0.2, 0) is 4.79 Å². The number of aliphatic carboxylic acids is 1. The highest BCUT2D eigenvalue weighted by atomic mass is 32.1. The minimum Gasteiger partial charge on any atom is -0.478 e. The van der Waals surface area contributed by atoms with E-state index in [2.05, 4.69) is 10.3 Å². The first-order chi connectivity index (χ1) is 9.54. The summed E-state index contributed by atoms with van der Waals surface area (Å²) >= 11 is 1.22. The van der Waals surface area contributed by atoms with Gasteiger partial charge in [-0.1, -0.05) is 6.07 Å². The van der Waals surface area contributed by atoms with Crippen LogP contribution in [-0.4, -0.2) is 22.0 Å². The van der Waals surface area contributed by atoms with Crippen molar-refractivity contribution >= 4 is 35.1 Å². The Morgan fingerprint density at radius 3 is 2.80 bits per heavy atom. The standard InChI is InChI=1S/C14H12N2O3S/c1-9-3-2-4-12(15-9)16-14(19)11-7-5-10(20-11)6-8-13(17)18/h2-8H,1H3,(H,17,18)(H,15,16,19). The fraction of sp³-hybridized carbons (Fsp3) is 0.0714. The van der Waals surface area contributed by atoms with E-state index in [0.717, 1.165) is 11.8 Å². The van der Waals surface area contributed by atoms with Crippen LogP contribution < -0.4 is 5.32 Å². The number of aryl methyl sites for hydroxylation is 1. The summed E-state index contributed by atoms with van der Waals surface area (Å²) in [7, 11) is 0. The van der Waals surface area contributed by atoms with Gasteiger partial charge in [0.1, 0.15) is 5.82 Å². The van der Waals surface area contributed by atoms with Gasteiger partial charge in [-0.2, -0.15) is 0 Å². The first-order valence-electron chi connectivity index (χ1n) is 5.80. The highest BCUT2D eigenvalue weighted by Gasteiger charge is 2.09. The maximum Gasteiger partial charge on any atom is 0.328 e. The van der Waals surface area contributed by atoms with Crippen LogP contribution in [0.1, 0.15) is 20.2 Å². The predicted molar refractivity (Wildman–Crippen MR) is 77.9 cm³/mol. The van der Waals surface area contributed by atoms with Gasteiger partial charge in [0.25, 0.3) is 5.91 Å². The van der Waals surface area contributed by atoms with Crippen LogP contribution in [0.3, 0.4) is 0 Å². The van der Waals surface area contributed by atoms with Gasteiger partial charge in [0.2, 0.25) is 0 Å². The summed E-state index contributed by atoms with van der Waals surface area (Å²) in [6.07, 6.45) is 2.49. The van der Waals surface area contributed by atoms with Crippen LogP contribution in [0.15, 0.2) is 36.4 Å². The maximum atomic E-state index is 12.0. The SMILES string of the molecule is Cc1cccc(NC(=O)c2ccc(C=CC(=O)O)s2)n1. The molecule has 2 aromatic heterocycles. The monoisotopic (exact) mass is 288 g/mol. The molecule has 2 aromatic rings. The zero-order valence-electron chi connectivity index (χ0n) is 10.7. The molecule has 0 aliphatic heterocycles. The third kappa shape index (κ3) is 3.76. The molecule has 0 bridgehead atoms. The second kappa shape index (κ2) is 6.12. The number of pyridine rings is 1. The molecule has 0 saturated heterocycles. The molecule has 5 nitrogen and oxygen atoms in total. The van der Waals surface area contributed by atoms with Crippen molar-refractivity contribution in [3.8, 4) is 0 Å². The van der Waals surface area contributed by atoms with Crippen LogP contribution in [0.25, 0.3) is 6.08 Å². The third-order valence-corrected chi connectivity index (χ3v) is 3.42. The first-order valence-corrected chi connectivity index (χ1v) is 6.62. The lowest BCUT2D eigenvalue weighted by Gasteiger charge is -2.02. The molecule has 20 heavy (non-hydrogen) atoms. The molecule has 1 amide bonds. The molecule has 0 atom stereocenters. The maximum absolute atomic E-state index is 12.0. The summed E-state index contributed by atoms with van der Waals surface area (Å²) in [4.78, 5) is 27.8. The van der Waals surface area contributed by atoms with E-state index in [1.54, 1.807) is 18.2 Å². The summed E-state index contributed by atoms with van der Waals surface area (Å²) in [5.74, 6) is -0.789. The second-order valence-corrected chi connectivity index (χ2v) is 5.11. The van der Waals surface area contributed by atoms with Crippen LogP contribution in [0.2, 0.25) is 0 Å². The second-order valence-electron chi connectivity index (χ2n) is 3.99. The number of carbonyl (C=O) groups is 2.